The third-order valence-corrected chi connectivity index (χ3v) is 3.92. The highest BCUT2D eigenvalue weighted by Crippen LogP contribution is 2.17. The maximum atomic E-state index is 9.10. The number of hydrogen-bond acceptors (Lipinski definition) is 2. The summed E-state index contributed by atoms with van der Waals surface area (Å²) in [6.07, 6.45) is 3.46. The van der Waals surface area contributed by atoms with Crippen molar-refractivity contribution < 1.29 is 5.11 Å². The molecule has 2 nitrogen and oxygen atoms in total. The van der Waals surface area contributed by atoms with Gasteiger partial charge in [0.2, 0.25) is 0 Å². The highest BCUT2D eigenvalue weighted by Gasteiger charge is 2.17. The number of piperidine rings is 1. The normalized spacial score (nSPS) is 18.5. The summed E-state index contributed by atoms with van der Waals surface area (Å²) in [5.41, 5.74) is 2.87. The highest BCUT2D eigenvalue weighted by atomic mass is 16.3. The van der Waals surface area contributed by atoms with Crippen LogP contribution in [0.2, 0.25) is 0 Å². The molecule has 1 fully saturated rings. The van der Waals surface area contributed by atoms with E-state index in [-0.39, 0.29) is 0 Å². The van der Waals surface area contributed by atoms with Gasteiger partial charge in [-0.05, 0) is 56.3 Å². The van der Waals surface area contributed by atoms with E-state index in [0.717, 1.165) is 38.9 Å². The third-order valence-electron chi connectivity index (χ3n) is 3.92. The van der Waals surface area contributed by atoms with E-state index in [1.165, 1.54) is 11.1 Å². The van der Waals surface area contributed by atoms with Crippen molar-refractivity contribution in [1.82, 2.24) is 4.90 Å². The van der Waals surface area contributed by atoms with Crippen molar-refractivity contribution in [2.75, 3.05) is 26.2 Å². The molecule has 0 amide bonds. The fourth-order valence-corrected chi connectivity index (χ4v) is 2.56. The van der Waals surface area contributed by atoms with Crippen LogP contribution in [0.3, 0.4) is 0 Å². The summed E-state index contributed by atoms with van der Waals surface area (Å²) in [5, 5.41) is 9.10. The second-order valence-corrected chi connectivity index (χ2v) is 5.14. The van der Waals surface area contributed by atoms with Gasteiger partial charge in [-0.15, -0.1) is 0 Å². The number of aliphatic hydroxyl groups excluding tert-OH is 1. The fraction of sp³-hybridized carbons (Fsp3) is 0.600. The monoisotopic (exact) mass is 233 g/mol. The van der Waals surface area contributed by atoms with Gasteiger partial charge in [-0.3, -0.25) is 0 Å². The Morgan fingerprint density at radius 2 is 1.94 bits per heavy atom. The predicted molar refractivity (Wildman–Crippen MR) is 71.1 cm³/mol. The Balaban J connectivity index is 1.78. The summed E-state index contributed by atoms with van der Waals surface area (Å²) in [5.74, 6) is 0.546. The number of aliphatic hydroxyl groups is 1. The maximum absolute atomic E-state index is 9.10. The highest BCUT2D eigenvalue weighted by molar-refractivity contribution is 5.25. The molecule has 94 valence electrons. The van der Waals surface area contributed by atoms with E-state index in [0.29, 0.717) is 12.5 Å². The first kappa shape index (κ1) is 12.6. The fourth-order valence-electron chi connectivity index (χ4n) is 2.56. The minimum atomic E-state index is 0.367. The van der Waals surface area contributed by atoms with E-state index in [1.807, 2.05) is 0 Å². The molecule has 1 heterocycles. The topological polar surface area (TPSA) is 23.5 Å². The van der Waals surface area contributed by atoms with Crippen LogP contribution in [-0.2, 0) is 6.42 Å². The van der Waals surface area contributed by atoms with Crippen LogP contribution in [0.4, 0.5) is 0 Å². The molecule has 1 aliphatic heterocycles. The van der Waals surface area contributed by atoms with Gasteiger partial charge in [0.15, 0.2) is 0 Å². The molecule has 0 unspecified atom stereocenters. The van der Waals surface area contributed by atoms with Gasteiger partial charge in [-0.25, -0.2) is 0 Å². The number of aryl methyl sites for hydroxylation is 1. The van der Waals surface area contributed by atoms with Crippen LogP contribution in [0.5, 0.6) is 0 Å². The lowest BCUT2D eigenvalue weighted by molar-refractivity contribution is 0.132. The molecule has 0 aromatic heterocycles. The number of rotatable bonds is 4. The molecule has 0 aliphatic carbocycles. The summed E-state index contributed by atoms with van der Waals surface area (Å²) in [6, 6.07) is 8.65. The van der Waals surface area contributed by atoms with Crippen LogP contribution < -0.4 is 0 Å². The molecule has 2 rings (SSSR count). The maximum Gasteiger partial charge on any atom is 0.0460 e. The van der Waals surface area contributed by atoms with E-state index in [1.54, 1.807) is 0 Å². The van der Waals surface area contributed by atoms with Gasteiger partial charge in [0.1, 0.15) is 0 Å². The predicted octanol–water partition coefficient (Wildman–Crippen LogP) is 2.24. The zero-order chi connectivity index (χ0) is 12.1. The first-order valence-corrected chi connectivity index (χ1v) is 6.67. The van der Waals surface area contributed by atoms with E-state index in [4.69, 9.17) is 5.11 Å². The summed E-state index contributed by atoms with van der Waals surface area (Å²) in [7, 11) is 0. The molecule has 1 aromatic rings. The van der Waals surface area contributed by atoms with Crippen LogP contribution in [0.15, 0.2) is 24.3 Å². The van der Waals surface area contributed by atoms with Gasteiger partial charge in [-0.1, -0.05) is 24.3 Å². The second-order valence-electron chi connectivity index (χ2n) is 5.14. The van der Waals surface area contributed by atoms with Gasteiger partial charge in [0.05, 0.1) is 0 Å². The lowest BCUT2D eigenvalue weighted by Gasteiger charge is -2.31. The summed E-state index contributed by atoms with van der Waals surface area (Å²) in [6.45, 7) is 6.01. The summed E-state index contributed by atoms with van der Waals surface area (Å²) < 4.78 is 0. The van der Waals surface area contributed by atoms with Crippen LogP contribution >= 0.6 is 0 Å². The molecule has 1 aliphatic rings. The Morgan fingerprint density at radius 1 is 1.24 bits per heavy atom. The van der Waals surface area contributed by atoms with Crippen LogP contribution in [0.1, 0.15) is 24.0 Å². The van der Waals surface area contributed by atoms with Crippen molar-refractivity contribution in [3.05, 3.63) is 35.4 Å². The van der Waals surface area contributed by atoms with Gasteiger partial charge in [0.25, 0.3) is 0 Å². The molecule has 0 spiro atoms. The average Bonchev–Trinajstić information content (AvgIpc) is 2.38. The van der Waals surface area contributed by atoms with E-state index < -0.39 is 0 Å². The van der Waals surface area contributed by atoms with Gasteiger partial charge in [-0.2, -0.15) is 0 Å². The first-order chi connectivity index (χ1) is 8.29. The molecule has 0 atom stereocenters. The van der Waals surface area contributed by atoms with Crippen molar-refractivity contribution in [3.8, 4) is 0 Å². The number of benzene rings is 1. The Kier molecular flexibility index (Phi) is 4.57. The summed E-state index contributed by atoms with van der Waals surface area (Å²) >= 11 is 0. The first-order valence-electron chi connectivity index (χ1n) is 6.67. The van der Waals surface area contributed by atoms with Crippen molar-refractivity contribution >= 4 is 0 Å². The molecule has 0 saturated carbocycles. The smallest absolute Gasteiger partial charge is 0.0460 e. The second kappa shape index (κ2) is 6.18. The van der Waals surface area contributed by atoms with E-state index in [2.05, 4.69) is 36.1 Å². The minimum Gasteiger partial charge on any atom is -0.396 e. The Hall–Kier alpha value is -0.860. The molecular weight excluding hydrogens is 210 g/mol. The third kappa shape index (κ3) is 3.55. The van der Waals surface area contributed by atoms with Crippen molar-refractivity contribution in [1.29, 1.82) is 0 Å². The van der Waals surface area contributed by atoms with E-state index in [9.17, 15) is 0 Å². The van der Waals surface area contributed by atoms with Crippen LogP contribution in [0.25, 0.3) is 0 Å². The average molecular weight is 233 g/mol. The largest absolute Gasteiger partial charge is 0.396 e. The number of likely N-dealkylation sites (tertiary alicyclic amines) is 1. The zero-order valence-electron chi connectivity index (χ0n) is 10.7. The van der Waals surface area contributed by atoms with Gasteiger partial charge >= 0.3 is 0 Å². The standard InChI is InChI=1S/C15H23NO/c1-13-4-2-3-5-15(13)8-11-16-9-6-14(12-17)7-10-16/h2-5,14,17H,6-12H2,1H3. The number of hydrogen-bond donors (Lipinski definition) is 1. The van der Waals surface area contributed by atoms with Crippen molar-refractivity contribution in [2.24, 2.45) is 5.92 Å². The van der Waals surface area contributed by atoms with Crippen molar-refractivity contribution in [3.63, 3.8) is 0 Å². The molecule has 0 radical (unpaired) electrons. The zero-order valence-corrected chi connectivity index (χ0v) is 10.7. The molecule has 1 saturated heterocycles. The molecule has 1 aromatic carbocycles. The molecular formula is C15H23NO. The molecule has 2 heteroatoms. The lowest BCUT2D eigenvalue weighted by atomic mass is 9.97. The van der Waals surface area contributed by atoms with Gasteiger partial charge < -0.3 is 10.0 Å². The Bertz CT molecular complexity index is 343. The molecule has 0 bridgehead atoms. The molecule has 1 N–H and O–H groups in total. The Morgan fingerprint density at radius 3 is 2.59 bits per heavy atom. The SMILES string of the molecule is Cc1ccccc1CCN1CCC(CO)CC1. The number of nitrogens with zero attached hydrogens (tertiary/aromatic N) is 1. The van der Waals surface area contributed by atoms with Crippen LogP contribution in [-0.4, -0.2) is 36.2 Å². The van der Waals surface area contributed by atoms with Crippen molar-refractivity contribution in [2.45, 2.75) is 26.2 Å². The molecule has 17 heavy (non-hydrogen) atoms. The summed E-state index contributed by atoms with van der Waals surface area (Å²) in [4.78, 5) is 2.53. The Labute approximate surface area is 104 Å². The van der Waals surface area contributed by atoms with Crippen LogP contribution in [0, 0.1) is 12.8 Å². The quantitative estimate of drug-likeness (QED) is 0.862. The minimum absolute atomic E-state index is 0.367. The lowest BCUT2D eigenvalue weighted by Crippen LogP contribution is -2.36. The van der Waals surface area contributed by atoms with Gasteiger partial charge in [0, 0.05) is 13.2 Å². The van der Waals surface area contributed by atoms with E-state index >= 15 is 0 Å².